The van der Waals surface area contributed by atoms with E-state index in [1.807, 2.05) is 12.1 Å². The first kappa shape index (κ1) is 21.3. The Hall–Kier alpha value is -2.59. The molecule has 0 radical (unpaired) electrons. The maximum atomic E-state index is 13.2. The summed E-state index contributed by atoms with van der Waals surface area (Å²) >= 11 is 0. The van der Waals surface area contributed by atoms with Crippen molar-refractivity contribution in [2.75, 3.05) is 62.3 Å². The van der Waals surface area contributed by atoms with Crippen LogP contribution < -0.4 is 19.3 Å². The lowest BCUT2D eigenvalue weighted by atomic mass is 10.1. The Morgan fingerprint density at radius 3 is 1.97 bits per heavy atom. The number of ether oxygens (including phenoxy) is 2. The highest BCUT2D eigenvalue weighted by atomic mass is 32.2. The van der Waals surface area contributed by atoms with Gasteiger partial charge in [0.05, 0.1) is 18.1 Å². The van der Waals surface area contributed by atoms with Crippen molar-refractivity contribution in [3.8, 4) is 11.5 Å². The van der Waals surface area contributed by atoms with Crippen LogP contribution in [0.5, 0.6) is 11.5 Å². The van der Waals surface area contributed by atoms with Crippen LogP contribution in [0.2, 0.25) is 0 Å². The average molecular weight is 460 g/mol. The summed E-state index contributed by atoms with van der Waals surface area (Å²) in [5, 5.41) is 8.83. The highest BCUT2D eigenvalue weighted by Crippen LogP contribution is 2.33. The monoisotopic (exact) mass is 459 g/mol. The third-order valence-electron chi connectivity index (χ3n) is 6.24. The van der Waals surface area contributed by atoms with Crippen LogP contribution in [0.4, 0.5) is 11.6 Å². The molecule has 172 valence electrons. The van der Waals surface area contributed by atoms with Gasteiger partial charge in [-0.15, -0.1) is 10.2 Å². The number of aromatic nitrogens is 2. The molecule has 0 saturated carbocycles. The number of piperazine rings is 1. The summed E-state index contributed by atoms with van der Waals surface area (Å²) in [5.41, 5.74) is 0. The number of fused-ring (bicyclic) bond motifs is 1. The lowest BCUT2D eigenvalue weighted by Gasteiger charge is -2.34. The van der Waals surface area contributed by atoms with Crippen molar-refractivity contribution >= 4 is 21.7 Å². The molecule has 3 aliphatic heterocycles. The van der Waals surface area contributed by atoms with E-state index in [0.29, 0.717) is 50.9 Å². The summed E-state index contributed by atoms with van der Waals surface area (Å²) in [6.07, 6.45) is 4.45. The molecule has 32 heavy (non-hydrogen) atoms. The molecule has 0 atom stereocenters. The van der Waals surface area contributed by atoms with Crippen LogP contribution in [0.1, 0.15) is 25.7 Å². The molecule has 1 aromatic heterocycles. The van der Waals surface area contributed by atoms with Crippen LogP contribution in [0.3, 0.4) is 0 Å². The first-order chi connectivity index (χ1) is 15.6. The molecule has 5 rings (SSSR count). The Labute approximate surface area is 189 Å². The van der Waals surface area contributed by atoms with Crippen molar-refractivity contribution in [1.82, 2.24) is 14.5 Å². The molecule has 10 heteroatoms. The molecule has 2 saturated heterocycles. The Morgan fingerprint density at radius 2 is 1.31 bits per heavy atom. The molecule has 2 aromatic rings. The second-order valence-corrected chi connectivity index (χ2v) is 10.3. The number of nitrogens with zero attached hydrogens (tertiary/aromatic N) is 5. The van der Waals surface area contributed by atoms with E-state index in [9.17, 15) is 8.42 Å². The van der Waals surface area contributed by atoms with Gasteiger partial charge in [-0.1, -0.05) is 0 Å². The molecule has 0 amide bonds. The smallest absolute Gasteiger partial charge is 0.243 e. The molecule has 0 bridgehead atoms. The molecule has 0 unspecified atom stereocenters. The number of benzene rings is 1. The van der Waals surface area contributed by atoms with E-state index in [1.54, 1.807) is 18.2 Å². The molecule has 0 aliphatic carbocycles. The summed E-state index contributed by atoms with van der Waals surface area (Å²) < 4.78 is 39.2. The van der Waals surface area contributed by atoms with Crippen LogP contribution >= 0.6 is 0 Å². The maximum Gasteiger partial charge on any atom is 0.243 e. The van der Waals surface area contributed by atoms with E-state index < -0.39 is 10.0 Å². The highest BCUT2D eigenvalue weighted by Gasteiger charge is 2.30. The van der Waals surface area contributed by atoms with Crippen LogP contribution in [-0.2, 0) is 10.0 Å². The lowest BCUT2D eigenvalue weighted by molar-refractivity contribution is 0.296. The van der Waals surface area contributed by atoms with Crippen LogP contribution in [0, 0.1) is 0 Å². The van der Waals surface area contributed by atoms with Crippen molar-refractivity contribution in [3.63, 3.8) is 0 Å². The Kier molecular flexibility index (Phi) is 6.05. The van der Waals surface area contributed by atoms with Crippen molar-refractivity contribution in [2.24, 2.45) is 0 Å². The number of sulfonamides is 1. The second kappa shape index (κ2) is 9.11. The van der Waals surface area contributed by atoms with Gasteiger partial charge in [0.15, 0.2) is 23.1 Å². The molecular weight excluding hydrogens is 430 g/mol. The average Bonchev–Trinajstić information content (AvgIpc) is 3.10. The molecule has 4 heterocycles. The minimum absolute atomic E-state index is 0.237. The van der Waals surface area contributed by atoms with Crippen LogP contribution in [-0.4, -0.2) is 75.4 Å². The van der Waals surface area contributed by atoms with Gasteiger partial charge in [-0.3, -0.25) is 0 Å². The fourth-order valence-electron chi connectivity index (χ4n) is 4.39. The molecular formula is C22H29N5O4S. The normalized spacial score (nSPS) is 20.1. The van der Waals surface area contributed by atoms with Crippen molar-refractivity contribution in [3.05, 3.63) is 30.3 Å². The molecule has 9 nitrogen and oxygen atoms in total. The van der Waals surface area contributed by atoms with Gasteiger partial charge in [-0.25, -0.2) is 8.42 Å². The van der Waals surface area contributed by atoms with Gasteiger partial charge >= 0.3 is 0 Å². The second-order valence-electron chi connectivity index (χ2n) is 8.35. The summed E-state index contributed by atoms with van der Waals surface area (Å²) in [5.74, 6) is 2.80. The lowest BCUT2D eigenvalue weighted by Crippen LogP contribution is -2.49. The summed E-state index contributed by atoms with van der Waals surface area (Å²) in [6, 6.07) is 8.87. The Morgan fingerprint density at radius 1 is 0.688 bits per heavy atom. The quantitative estimate of drug-likeness (QED) is 0.687. The topological polar surface area (TPSA) is 88.1 Å². The van der Waals surface area contributed by atoms with Crippen LogP contribution in [0.25, 0.3) is 0 Å². The zero-order valence-corrected chi connectivity index (χ0v) is 19.0. The maximum absolute atomic E-state index is 13.2. The summed E-state index contributed by atoms with van der Waals surface area (Å²) in [4.78, 5) is 4.61. The standard InChI is InChI=1S/C22H29N5O4S/c28-32(29,18-5-6-19-20(17-18)31-16-4-15-30-19)27-13-11-26(12-14-27)22-8-7-21(23-24-22)25-9-2-1-3-10-25/h5-8,17H,1-4,9-16H2. The first-order valence-electron chi connectivity index (χ1n) is 11.3. The van der Waals surface area contributed by atoms with E-state index in [4.69, 9.17) is 9.47 Å². The van der Waals surface area contributed by atoms with Gasteiger partial charge in [-0.05, 0) is 43.5 Å². The van der Waals surface area contributed by atoms with E-state index >= 15 is 0 Å². The molecule has 3 aliphatic rings. The molecule has 0 spiro atoms. The van der Waals surface area contributed by atoms with Gasteiger partial charge in [-0.2, -0.15) is 4.31 Å². The predicted molar refractivity (Wildman–Crippen MR) is 121 cm³/mol. The summed E-state index contributed by atoms with van der Waals surface area (Å²) in [7, 11) is -3.61. The number of rotatable bonds is 4. The predicted octanol–water partition coefficient (Wildman–Crippen LogP) is 2.14. The van der Waals surface area contributed by atoms with E-state index in [1.165, 1.54) is 23.6 Å². The fraction of sp³-hybridized carbons (Fsp3) is 0.545. The van der Waals surface area contributed by atoms with Gasteiger partial charge < -0.3 is 19.3 Å². The molecule has 1 aromatic carbocycles. The van der Waals surface area contributed by atoms with Crippen molar-refractivity contribution in [2.45, 2.75) is 30.6 Å². The third kappa shape index (κ3) is 4.33. The van der Waals surface area contributed by atoms with Gasteiger partial charge in [0.1, 0.15) is 0 Å². The zero-order valence-electron chi connectivity index (χ0n) is 18.1. The zero-order chi connectivity index (χ0) is 22.0. The van der Waals surface area contributed by atoms with E-state index in [2.05, 4.69) is 20.0 Å². The minimum Gasteiger partial charge on any atom is -0.490 e. The third-order valence-corrected chi connectivity index (χ3v) is 8.13. The fourth-order valence-corrected chi connectivity index (χ4v) is 5.83. The minimum atomic E-state index is -3.61. The number of hydrogen-bond donors (Lipinski definition) is 0. The highest BCUT2D eigenvalue weighted by molar-refractivity contribution is 7.89. The van der Waals surface area contributed by atoms with Gasteiger partial charge in [0.25, 0.3) is 0 Å². The van der Waals surface area contributed by atoms with Gasteiger partial charge in [0, 0.05) is 51.8 Å². The molecule has 0 N–H and O–H groups in total. The van der Waals surface area contributed by atoms with Crippen molar-refractivity contribution < 1.29 is 17.9 Å². The SMILES string of the molecule is O=S(=O)(c1ccc2c(c1)OCCCO2)N1CCN(c2ccc(N3CCCCC3)nn2)CC1. The Bertz CT molecular complexity index is 1030. The number of anilines is 2. The number of hydrogen-bond acceptors (Lipinski definition) is 8. The van der Waals surface area contributed by atoms with E-state index in [-0.39, 0.29) is 4.90 Å². The van der Waals surface area contributed by atoms with Crippen LogP contribution in [0.15, 0.2) is 35.2 Å². The first-order valence-corrected chi connectivity index (χ1v) is 12.8. The largest absolute Gasteiger partial charge is 0.490 e. The molecule has 2 fully saturated rings. The van der Waals surface area contributed by atoms with Crippen molar-refractivity contribution in [1.29, 1.82) is 0 Å². The summed E-state index contributed by atoms with van der Waals surface area (Å²) in [6.45, 7) is 5.09. The number of piperidine rings is 1. The van der Waals surface area contributed by atoms with Gasteiger partial charge in [0.2, 0.25) is 10.0 Å². The Balaban J connectivity index is 1.23. The van der Waals surface area contributed by atoms with E-state index in [0.717, 1.165) is 31.1 Å².